The molecule has 0 saturated carbocycles. The van der Waals surface area contributed by atoms with Gasteiger partial charge in [0.05, 0.1) is 15.9 Å². The molecule has 0 atom stereocenters. The summed E-state index contributed by atoms with van der Waals surface area (Å²) in [6, 6.07) is 58.7. The second-order valence-corrected chi connectivity index (χ2v) is 14.5. The van der Waals surface area contributed by atoms with Crippen molar-refractivity contribution in [3.63, 3.8) is 0 Å². The van der Waals surface area contributed by atoms with Crippen LogP contribution in [-0.2, 0) is 0 Å². The Kier molecular flexibility index (Phi) is 6.42. The van der Waals surface area contributed by atoms with Gasteiger partial charge in [0.2, 0.25) is 0 Å². The monoisotopic (exact) mass is 680 g/mol. The molecule has 52 heavy (non-hydrogen) atoms. The van der Waals surface area contributed by atoms with E-state index in [1.807, 2.05) is 12.1 Å². The molecule has 0 bridgehead atoms. The lowest BCUT2D eigenvalue weighted by Gasteiger charge is -2.08. The number of furan rings is 1. The van der Waals surface area contributed by atoms with Gasteiger partial charge in [-0.1, -0.05) is 121 Å². The Labute approximate surface area is 303 Å². The van der Waals surface area contributed by atoms with Crippen LogP contribution >= 0.6 is 11.3 Å². The quantitative estimate of drug-likeness (QED) is 0.186. The van der Waals surface area contributed by atoms with Gasteiger partial charge in [0, 0.05) is 32.0 Å². The van der Waals surface area contributed by atoms with E-state index >= 15 is 0 Å². The average molecular weight is 681 g/mol. The summed E-state index contributed by atoms with van der Waals surface area (Å²) < 4.78 is 8.67. The molecule has 0 saturated heterocycles. The van der Waals surface area contributed by atoms with E-state index in [1.54, 1.807) is 17.7 Å². The topological polar surface area (TPSA) is 38.9 Å². The fraction of sp³-hybridized carbons (Fsp3) is 0. The third-order valence-corrected chi connectivity index (χ3v) is 11.5. The van der Waals surface area contributed by atoms with E-state index in [2.05, 4.69) is 152 Å². The Hall–Kier alpha value is -6.62. The van der Waals surface area contributed by atoms with Gasteiger partial charge in [0.15, 0.2) is 0 Å². The van der Waals surface area contributed by atoms with Crippen LogP contribution in [0.2, 0.25) is 0 Å². The number of para-hydroxylation sites is 2. The molecule has 0 aliphatic rings. The van der Waals surface area contributed by atoms with Crippen molar-refractivity contribution in [2.45, 2.75) is 0 Å². The van der Waals surface area contributed by atoms with Gasteiger partial charge >= 0.3 is 0 Å². The van der Waals surface area contributed by atoms with Gasteiger partial charge in [-0.15, -0.1) is 11.3 Å². The Morgan fingerprint density at radius 2 is 1.06 bits per heavy atom. The summed E-state index contributed by atoms with van der Waals surface area (Å²) in [4.78, 5) is 9.67. The second kappa shape index (κ2) is 11.5. The molecule has 4 heteroatoms. The molecule has 0 aliphatic heterocycles. The summed E-state index contributed by atoms with van der Waals surface area (Å²) in [6.07, 6.45) is 1.70. The molecule has 11 rings (SSSR count). The third-order valence-electron chi connectivity index (χ3n) is 10.4. The SMILES string of the molecule is c1cc(-c2cccc3c2oc2ccccc23)cc(-c2ncnc3c2sc2ccc(-c4ccc5cc(-c6ccc7ccccc7c6)ccc5c4)cc23)c1. The molecule has 0 unspecified atom stereocenters. The molecular weight excluding hydrogens is 653 g/mol. The van der Waals surface area contributed by atoms with Crippen molar-refractivity contribution in [1.29, 1.82) is 0 Å². The van der Waals surface area contributed by atoms with Crippen LogP contribution in [0.15, 0.2) is 175 Å². The molecule has 0 radical (unpaired) electrons. The van der Waals surface area contributed by atoms with Crippen LogP contribution in [0.3, 0.4) is 0 Å². The molecule has 3 heterocycles. The maximum atomic E-state index is 6.38. The molecule has 242 valence electrons. The maximum absolute atomic E-state index is 6.38. The number of fused-ring (bicyclic) bond motifs is 8. The van der Waals surface area contributed by atoms with Crippen molar-refractivity contribution < 1.29 is 4.42 Å². The molecule has 0 fully saturated rings. The van der Waals surface area contributed by atoms with Gasteiger partial charge in [-0.3, -0.25) is 0 Å². The van der Waals surface area contributed by atoms with E-state index in [0.717, 1.165) is 59.9 Å². The highest BCUT2D eigenvalue weighted by Crippen LogP contribution is 2.42. The molecule has 3 nitrogen and oxygen atoms in total. The van der Waals surface area contributed by atoms with Crippen LogP contribution in [0.5, 0.6) is 0 Å². The normalized spacial score (nSPS) is 11.8. The first-order valence-corrected chi connectivity index (χ1v) is 18.3. The number of hydrogen-bond donors (Lipinski definition) is 0. The van der Waals surface area contributed by atoms with Gasteiger partial charge in [-0.25, -0.2) is 9.97 Å². The second-order valence-electron chi connectivity index (χ2n) is 13.4. The number of aromatic nitrogens is 2. The van der Waals surface area contributed by atoms with Crippen molar-refractivity contribution >= 4 is 75.1 Å². The van der Waals surface area contributed by atoms with E-state index in [0.29, 0.717) is 0 Å². The number of hydrogen-bond acceptors (Lipinski definition) is 4. The number of rotatable bonds is 4. The zero-order valence-corrected chi connectivity index (χ0v) is 28.7. The lowest BCUT2D eigenvalue weighted by molar-refractivity contribution is 0.670. The minimum absolute atomic E-state index is 0.901. The van der Waals surface area contributed by atoms with Crippen LogP contribution in [0.25, 0.3) is 108 Å². The first kappa shape index (κ1) is 29.1. The summed E-state index contributed by atoms with van der Waals surface area (Å²) in [5, 5.41) is 8.38. The molecule has 11 aromatic rings. The van der Waals surface area contributed by atoms with E-state index in [9.17, 15) is 0 Å². The summed E-state index contributed by atoms with van der Waals surface area (Å²) in [6.45, 7) is 0. The van der Waals surface area contributed by atoms with Crippen molar-refractivity contribution in [2.75, 3.05) is 0 Å². The lowest BCUT2D eigenvalue weighted by atomic mass is 9.96. The summed E-state index contributed by atoms with van der Waals surface area (Å²) in [5.74, 6) is 0. The van der Waals surface area contributed by atoms with Gasteiger partial charge < -0.3 is 4.42 Å². The van der Waals surface area contributed by atoms with Crippen LogP contribution < -0.4 is 0 Å². The fourth-order valence-electron chi connectivity index (χ4n) is 7.74. The highest BCUT2D eigenvalue weighted by Gasteiger charge is 2.17. The van der Waals surface area contributed by atoms with Crippen LogP contribution in [0, 0.1) is 0 Å². The smallest absolute Gasteiger partial charge is 0.143 e. The van der Waals surface area contributed by atoms with Crippen molar-refractivity contribution in [3.8, 4) is 44.6 Å². The van der Waals surface area contributed by atoms with E-state index in [-0.39, 0.29) is 0 Å². The maximum Gasteiger partial charge on any atom is 0.143 e. The third kappa shape index (κ3) is 4.65. The number of benzene rings is 8. The fourth-order valence-corrected chi connectivity index (χ4v) is 8.89. The van der Waals surface area contributed by atoms with Crippen LogP contribution in [0.4, 0.5) is 0 Å². The molecule has 0 N–H and O–H groups in total. The van der Waals surface area contributed by atoms with E-state index in [1.165, 1.54) is 48.5 Å². The van der Waals surface area contributed by atoms with Crippen molar-refractivity contribution in [1.82, 2.24) is 9.97 Å². The van der Waals surface area contributed by atoms with Gasteiger partial charge in [0.1, 0.15) is 17.5 Å². The van der Waals surface area contributed by atoms with E-state index in [4.69, 9.17) is 14.4 Å². The molecule has 3 aromatic heterocycles. The standard InChI is InChI=1S/C48H28N2OS/c1-2-8-30-23-31(16-15-29(30)7-1)32-17-18-34-25-35(20-19-33(34)24-32)36-21-22-44-42(27-36)46-48(52-44)45(49-28-50-46)38-10-5-9-37(26-38)39-12-6-13-41-40-11-3-4-14-43(40)51-47(39)41/h1-28H. The highest BCUT2D eigenvalue weighted by atomic mass is 32.1. The summed E-state index contributed by atoms with van der Waals surface area (Å²) in [7, 11) is 0. The Morgan fingerprint density at radius 1 is 0.423 bits per heavy atom. The average Bonchev–Trinajstić information content (AvgIpc) is 3.78. The molecule has 0 aliphatic carbocycles. The zero-order chi connectivity index (χ0) is 34.2. The van der Waals surface area contributed by atoms with E-state index < -0.39 is 0 Å². The molecule has 0 amide bonds. The zero-order valence-electron chi connectivity index (χ0n) is 27.9. The first-order valence-electron chi connectivity index (χ1n) is 17.5. The first-order chi connectivity index (χ1) is 25.7. The minimum Gasteiger partial charge on any atom is -0.455 e. The lowest BCUT2D eigenvalue weighted by Crippen LogP contribution is -1.87. The predicted molar refractivity (Wildman–Crippen MR) is 219 cm³/mol. The van der Waals surface area contributed by atoms with Crippen LogP contribution in [0.1, 0.15) is 0 Å². The highest BCUT2D eigenvalue weighted by molar-refractivity contribution is 7.26. The molecule has 8 aromatic carbocycles. The van der Waals surface area contributed by atoms with Gasteiger partial charge in [0.25, 0.3) is 0 Å². The van der Waals surface area contributed by atoms with Crippen molar-refractivity contribution in [2.24, 2.45) is 0 Å². The molecular formula is C48H28N2OS. The minimum atomic E-state index is 0.901. The largest absolute Gasteiger partial charge is 0.455 e. The summed E-state index contributed by atoms with van der Waals surface area (Å²) in [5.41, 5.74) is 11.8. The number of nitrogens with zero attached hydrogens (tertiary/aromatic N) is 2. The summed E-state index contributed by atoms with van der Waals surface area (Å²) >= 11 is 1.75. The Bertz CT molecular complexity index is 3210. The van der Waals surface area contributed by atoms with Crippen LogP contribution in [-0.4, -0.2) is 9.97 Å². The van der Waals surface area contributed by atoms with Gasteiger partial charge in [-0.2, -0.15) is 0 Å². The Morgan fingerprint density at radius 3 is 1.88 bits per heavy atom. The Balaban J connectivity index is 0.962. The number of thiophene rings is 1. The predicted octanol–water partition coefficient (Wildman–Crippen LogP) is 13.7. The van der Waals surface area contributed by atoms with Gasteiger partial charge in [-0.05, 0) is 91.8 Å². The molecule has 0 spiro atoms. The van der Waals surface area contributed by atoms with Crippen molar-refractivity contribution in [3.05, 3.63) is 170 Å².